The van der Waals surface area contributed by atoms with Gasteiger partial charge in [-0.3, -0.25) is 28.9 Å². The second-order valence-electron chi connectivity index (χ2n) is 15.4. The summed E-state index contributed by atoms with van der Waals surface area (Å²) in [4.78, 5) is 80.0. The summed E-state index contributed by atoms with van der Waals surface area (Å²) in [5, 5.41) is 16.0. The van der Waals surface area contributed by atoms with E-state index in [4.69, 9.17) is 14.2 Å². The number of benzene rings is 3. The molecule has 3 N–H and O–H groups in total. The number of carbonyl (C=O) groups is 5. The molecule has 14 heteroatoms. The smallest absolute Gasteiger partial charge is 0.344 e. The van der Waals surface area contributed by atoms with Crippen molar-refractivity contribution in [1.29, 1.82) is 0 Å². The normalized spacial score (nSPS) is 31.1. The van der Waals surface area contributed by atoms with Crippen LogP contribution in [0.4, 0.5) is 0 Å². The Morgan fingerprint density at radius 2 is 1.69 bits per heavy atom. The summed E-state index contributed by atoms with van der Waals surface area (Å²) >= 11 is 0. The van der Waals surface area contributed by atoms with Gasteiger partial charge in [-0.25, -0.2) is 9.59 Å². The Morgan fingerprint density at radius 3 is 2.47 bits per heavy atom. The summed E-state index contributed by atoms with van der Waals surface area (Å²) in [5.41, 5.74) is -0.898. The lowest BCUT2D eigenvalue weighted by atomic mass is 9.76. The minimum atomic E-state index is -2.33. The average Bonchev–Trinajstić information content (AvgIpc) is 3.89. The Balaban J connectivity index is 1.11. The molecule has 3 saturated heterocycles. The highest BCUT2D eigenvalue weighted by Gasteiger charge is 2.71. The van der Waals surface area contributed by atoms with Crippen LogP contribution in [0.2, 0.25) is 0 Å². The molecule has 6 atom stereocenters. The van der Waals surface area contributed by atoms with Crippen molar-refractivity contribution >= 4 is 46.1 Å². The summed E-state index contributed by atoms with van der Waals surface area (Å²) in [6, 6.07) is 18.4. The molecule has 3 fully saturated rings. The first-order valence-corrected chi connectivity index (χ1v) is 18.5. The number of nitrogens with one attached hydrogen (secondary N) is 2. The van der Waals surface area contributed by atoms with Crippen molar-refractivity contribution < 1.29 is 43.3 Å². The minimum Gasteiger partial charge on any atom is -0.436 e. The van der Waals surface area contributed by atoms with Crippen LogP contribution in [0.5, 0.6) is 0 Å². The molecule has 0 saturated carbocycles. The van der Waals surface area contributed by atoms with Gasteiger partial charge in [0.25, 0.3) is 23.3 Å². The lowest BCUT2D eigenvalue weighted by Gasteiger charge is -2.48. The van der Waals surface area contributed by atoms with E-state index in [1.54, 1.807) is 24.1 Å². The largest absolute Gasteiger partial charge is 0.436 e. The number of ether oxygens (including phenoxy) is 3. The van der Waals surface area contributed by atoms with Crippen LogP contribution in [-0.2, 0) is 41.4 Å². The van der Waals surface area contributed by atoms with Crippen LogP contribution in [-0.4, -0.2) is 110 Å². The van der Waals surface area contributed by atoms with E-state index in [0.29, 0.717) is 36.9 Å². The number of piperazine rings is 1. The van der Waals surface area contributed by atoms with Gasteiger partial charge in [-0.1, -0.05) is 54.6 Å². The molecule has 5 aliphatic heterocycles. The van der Waals surface area contributed by atoms with Gasteiger partial charge in [0.15, 0.2) is 5.76 Å². The number of nitrogens with zero attached hydrogens (tertiary/aromatic N) is 3. The van der Waals surface area contributed by atoms with Crippen LogP contribution in [0.25, 0.3) is 16.5 Å². The van der Waals surface area contributed by atoms with Crippen LogP contribution < -0.4 is 5.32 Å². The highest BCUT2D eigenvalue weighted by molar-refractivity contribution is 6.09. The first-order valence-electron chi connectivity index (χ1n) is 18.5. The molecule has 3 aromatic carbocycles. The van der Waals surface area contributed by atoms with Gasteiger partial charge in [-0.05, 0) is 68.1 Å². The average molecular weight is 744 g/mol. The first-order chi connectivity index (χ1) is 26.4. The van der Waals surface area contributed by atoms with Gasteiger partial charge in [0.2, 0.25) is 11.6 Å². The maximum absolute atomic E-state index is 15.3. The molecule has 0 bridgehead atoms. The first kappa shape index (κ1) is 33.7. The van der Waals surface area contributed by atoms with E-state index in [0.717, 1.165) is 26.9 Å². The van der Waals surface area contributed by atoms with Crippen molar-refractivity contribution in [3.63, 3.8) is 0 Å². The van der Waals surface area contributed by atoms with E-state index in [1.165, 1.54) is 19.1 Å². The fraction of sp³-hybridized carbons (Fsp3) is 0.341. The fourth-order valence-electron chi connectivity index (χ4n) is 9.67. The van der Waals surface area contributed by atoms with E-state index >= 15 is 4.79 Å². The van der Waals surface area contributed by atoms with E-state index in [1.807, 2.05) is 59.6 Å². The second-order valence-corrected chi connectivity index (χ2v) is 15.4. The fourth-order valence-corrected chi connectivity index (χ4v) is 9.67. The molecule has 1 aromatic heterocycles. The predicted molar refractivity (Wildman–Crippen MR) is 193 cm³/mol. The zero-order chi connectivity index (χ0) is 38.0. The maximum atomic E-state index is 15.3. The number of hydrogen-bond donors (Lipinski definition) is 3. The maximum Gasteiger partial charge on any atom is 0.344 e. The van der Waals surface area contributed by atoms with Gasteiger partial charge < -0.3 is 29.8 Å². The van der Waals surface area contributed by atoms with Crippen molar-refractivity contribution in [3.8, 4) is 0 Å². The van der Waals surface area contributed by atoms with E-state index in [9.17, 15) is 24.3 Å². The van der Waals surface area contributed by atoms with Gasteiger partial charge in [0.1, 0.15) is 12.1 Å². The lowest BCUT2D eigenvalue weighted by Crippen LogP contribution is -2.71. The molecule has 14 nitrogen and oxygen atoms in total. The molecule has 1 aliphatic carbocycles. The zero-order valence-electron chi connectivity index (χ0n) is 30.0. The van der Waals surface area contributed by atoms with Crippen LogP contribution >= 0.6 is 0 Å². The SMILES string of the molecule is CN1C[C@@]2(C(=O)NC3(C)OC4(O)[C@@H]5CCCN5C(=O)C(Cc5ccccc5)N4C3=O)OC(=O)c3ccccc3C(=O)OC2=C2c3cccc4[nH]cc(c34)C[C@H]21. The molecule has 55 heavy (non-hydrogen) atoms. The highest BCUT2D eigenvalue weighted by atomic mass is 16.7. The molecular weight excluding hydrogens is 706 g/mol. The van der Waals surface area contributed by atoms with Crippen LogP contribution in [0.3, 0.4) is 0 Å². The molecular formula is C41H37N5O9. The van der Waals surface area contributed by atoms with Gasteiger partial charge in [0.05, 0.1) is 17.7 Å². The number of likely N-dealkylation sites (N-methyl/N-ethyl adjacent to an activating group) is 1. The number of amides is 3. The van der Waals surface area contributed by atoms with Crippen LogP contribution in [0, 0.1) is 0 Å². The lowest BCUT2D eigenvalue weighted by molar-refractivity contribution is -0.315. The molecule has 0 radical (unpaired) electrons. The molecule has 6 heterocycles. The highest BCUT2D eigenvalue weighted by Crippen LogP contribution is 2.49. The molecule has 4 aromatic rings. The Morgan fingerprint density at radius 1 is 0.964 bits per heavy atom. The third-order valence-corrected chi connectivity index (χ3v) is 12.2. The van der Waals surface area contributed by atoms with Crippen molar-refractivity contribution in [2.24, 2.45) is 0 Å². The Bertz CT molecular complexity index is 2410. The van der Waals surface area contributed by atoms with E-state index < -0.39 is 59.1 Å². The third-order valence-electron chi connectivity index (χ3n) is 12.2. The van der Waals surface area contributed by atoms with E-state index in [2.05, 4.69) is 10.3 Å². The molecule has 280 valence electrons. The minimum absolute atomic E-state index is 0.0305. The molecule has 6 aliphatic rings. The number of aromatic amines is 1. The Kier molecular flexibility index (Phi) is 7.10. The van der Waals surface area contributed by atoms with Crippen LogP contribution in [0.1, 0.15) is 57.2 Å². The van der Waals surface area contributed by atoms with Crippen molar-refractivity contribution in [2.75, 3.05) is 20.1 Å². The summed E-state index contributed by atoms with van der Waals surface area (Å²) in [6.45, 7) is 1.42. The topological polar surface area (TPSA) is 171 Å². The van der Waals surface area contributed by atoms with Gasteiger partial charge in [0, 0.05) is 41.7 Å². The second kappa shape index (κ2) is 11.6. The Labute approximate surface area is 314 Å². The number of H-pyrrole nitrogens is 1. The monoisotopic (exact) mass is 743 g/mol. The molecule has 3 unspecified atom stereocenters. The molecule has 3 amide bonds. The van der Waals surface area contributed by atoms with Crippen molar-refractivity contribution in [2.45, 2.75) is 68.0 Å². The molecule has 0 spiro atoms. The quantitative estimate of drug-likeness (QED) is 0.264. The summed E-state index contributed by atoms with van der Waals surface area (Å²) in [7, 11) is 1.78. The van der Waals surface area contributed by atoms with Gasteiger partial charge >= 0.3 is 11.9 Å². The number of carbonyl (C=O) groups excluding carboxylic acids is 5. The predicted octanol–water partition coefficient (Wildman–Crippen LogP) is 2.47. The van der Waals surface area contributed by atoms with Crippen molar-refractivity contribution in [3.05, 3.63) is 113 Å². The number of hydrogen-bond acceptors (Lipinski definition) is 10. The Hall–Kier alpha value is -5.83. The third kappa shape index (κ3) is 4.61. The van der Waals surface area contributed by atoms with Gasteiger partial charge in [-0.2, -0.15) is 0 Å². The summed E-state index contributed by atoms with van der Waals surface area (Å²) < 4.78 is 18.9. The van der Waals surface area contributed by atoms with Crippen molar-refractivity contribution in [1.82, 2.24) is 25.0 Å². The number of rotatable bonds is 4. The summed E-state index contributed by atoms with van der Waals surface area (Å²) in [6.07, 6.45) is 3.47. The van der Waals surface area contributed by atoms with E-state index in [-0.39, 0.29) is 35.8 Å². The molecule has 10 rings (SSSR count). The standard InChI is InChI=1S/C41H37N5O9/c1-39(38(51)46-29(18-22-10-4-3-5-11-22)34(47)45-17-9-16-30(45)41(46,52)55-39)43-37(50)40-21-44(2)28-19-23-20-42-27-15-8-14-26(31(23)27)32(28)33(40)53-35(48)24-12-6-7-13-25(24)36(49)54-40/h3-8,10-15,20,28-30,42,52H,9,16-19,21H2,1-2H3,(H,43,50)/t28-,29?,30+,39?,40-,41?/m1/s1. The zero-order valence-corrected chi connectivity index (χ0v) is 30.0. The number of aliphatic hydroxyl groups is 1. The number of fused-ring (bicyclic) bond motifs is 7. The van der Waals surface area contributed by atoms with Crippen LogP contribution in [0.15, 0.2) is 84.8 Å². The van der Waals surface area contributed by atoms with Gasteiger partial charge in [-0.15, -0.1) is 0 Å². The summed E-state index contributed by atoms with van der Waals surface area (Å²) in [5.74, 6) is -6.45. The number of aromatic nitrogens is 1. The number of esters is 2.